The Balaban J connectivity index is 2.50. The molecule has 1 fully saturated rings. The number of rotatable bonds is 4. The van der Waals surface area contributed by atoms with Crippen molar-refractivity contribution in [2.45, 2.75) is 44.2 Å². The second-order valence-corrected chi connectivity index (χ2v) is 4.10. The van der Waals surface area contributed by atoms with Crippen molar-refractivity contribution in [2.75, 3.05) is 20.3 Å². The van der Waals surface area contributed by atoms with Crippen molar-refractivity contribution in [3.05, 3.63) is 0 Å². The van der Waals surface area contributed by atoms with Crippen LogP contribution in [0.15, 0.2) is 0 Å². The van der Waals surface area contributed by atoms with Crippen molar-refractivity contribution in [3.8, 4) is 0 Å². The minimum absolute atomic E-state index is 0.0961. The lowest BCUT2D eigenvalue weighted by Crippen LogP contribution is -2.44. The van der Waals surface area contributed by atoms with Crippen LogP contribution in [0.4, 0.5) is 0 Å². The number of methoxy groups -OCH3 is 1. The van der Waals surface area contributed by atoms with Crippen LogP contribution in [0.3, 0.4) is 0 Å². The highest BCUT2D eigenvalue weighted by molar-refractivity contribution is 4.86. The van der Waals surface area contributed by atoms with E-state index in [0.29, 0.717) is 6.61 Å². The van der Waals surface area contributed by atoms with Gasteiger partial charge >= 0.3 is 0 Å². The predicted octanol–water partition coefficient (Wildman–Crippen LogP) is 1.31. The molecular formula is C10H21NO2. The maximum atomic E-state index is 5.81. The molecular weight excluding hydrogens is 166 g/mol. The van der Waals surface area contributed by atoms with Gasteiger partial charge in [-0.05, 0) is 32.6 Å². The molecule has 2 N–H and O–H groups in total. The van der Waals surface area contributed by atoms with Gasteiger partial charge in [-0.2, -0.15) is 0 Å². The van der Waals surface area contributed by atoms with Crippen LogP contribution in [-0.2, 0) is 9.47 Å². The van der Waals surface area contributed by atoms with Gasteiger partial charge in [-0.25, -0.2) is 0 Å². The molecule has 0 aromatic carbocycles. The van der Waals surface area contributed by atoms with Crippen LogP contribution in [0.2, 0.25) is 0 Å². The highest BCUT2D eigenvalue weighted by atomic mass is 16.5. The van der Waals surface area contributed by atoms with E-state index in [1.54, 1.807) is 7.11 Å². The molecule has 1 saturated heterocycles. The van der Waals surface area contributed by atoms with Gasteiger partial charge in [0, 0.05) is 19.8 Å². The first kappa shape index (κ1) is 11.0. The van der Waals surface area contributed by atoms with Gasteiger partial charge in [0.15, 0.2) is 0 Å². The van der Waals surface area contributed by atoms with Crippen LogP contribution < -0.4 is 5.73 Å². The van der Waals surface area contributed by atoms with Gasteiger partial charge in [0.1, 0.15) is 0 Å². The summed E-state index contributed by atoms with van der Waals surface area (Å²) < 4.78 is 11.0. The fourth-order valence-corrected chi connectivity index (χ4v) is 2.09. The van der Waals surface area contributed by atoms with Crippen molar-refractivity contribution < 1.29 is 9.47 Å². The molecule has 78 valence electrons. The minimum atomic E-state index is -0.0961. The normalized spacial score (nSPS) is 31.6. The Hall–Kier alpha value is -0.120. The van der Waals surface area contributed by atoms with E-state index < -0.39 is 0 Å². The van der Waals surface area contributed by atoms with Gasteiger partial charge in [0.05, 0.1) is 12.2 Å². The smallest absolute Gasteiger partial charge is 0.0929 e. The molecule has 1 unspecified atom stereocenters. The van der Waals surface area contributed by atoms with Crippen molar-refractivity contribution in [1.82, 2.24) is 0 Å². The summed E-state index contributed by atoms with van der Waals surface area (Å²) in [6.07, 6.45) is 4.39. The Morgan fingerprint density at radius 1 is 1.54 bits per heavy atom. The molecule has 0 radical (unpaired) electrons. The summed E-state index contributed by atoms with van der Waals surface area (Å²) in [5.74, 6) is 0. The molecule has 0 aromatic rings. The lowest BCUT2D eigenvalue weighted by atomic mass is 9.88. The van der Waals surface area contributed by atoms with E-state index in [1.165, 1.54) is 12.8 Å². The van der Waals surface area contributed by atoms with Crippen molar-refractivity contribution in [3.63, 3.8) is 0 Å². The maximum Gasteiger partial charge on any atom is 0.0929 e. The number of ether oxygens (including phenoxy) is 2. The standard InChI is InChI=1S/C10H21NO2/c1-9(11)7-10(8-12-2)5-3-4-6-13-10/h9H,3-8,11H2,1-2H3/t9-,10?/m1/s1. The zero-order valence-electron chi connectivity index (χ0n) is 8.71. The van der Waals surface area contributed by atoms with Crippen molar-refractivity contribution in [1.29, 1.82) is 0 Å². The first-order valence-corrected chi connectivity index (χ1v) is 5.07. The Morgan fingerprint density at radius 2 is 2.31 bits per heavy atom. The lowest BCUT2D eigenvalue weighted by molar-refractivity contribution is -0.122. The summed E-state index contributed by atoms with van der Waals surface area (Å²) >= 11 is 0. The van der Waals surface area contributed by atoms with Gasteiger partial charge < -0.3 is 15.2 Å². The summed E-state index contributed by atoms with van der Waals surface area (Å²) in [4.78, 5) is 0. The number of nitrogens with two attached hydrogens (primary N) is 1. The van der Waals surface area contributed by atoms with E-state index >= 15 is 0 Å². The third-order valence-corrected chi connectivity index (χ3v) is 2.54. The Morgan fingerprint density at radius 3 is 2.77 bits per heavy atom. The second-order valence-electron chi connectivity index (χ2n) is 4.10. The first-order chi connectivity index (χ1) is 6.18. The molecule has 1 aliphatic rings. The van der Waals surface area contributed by atoms with Crippen LogP contribution in [0.25, 0.3) is 0 Å². The molecule has 0 bridgehead atoms. The molecule has 3 heteroatoms. The molecule has 0 saturated carbocycles. The highest BCUT2D eigenvalue weighted by Gasteiger charge is 2.33. The van der Waals surface area contributed by atoms with Crippen molar-refractivity contribution >= 4 is 0 Å². The molecule has 0 spiro atoms. The zero-order valence-corrected chi connectivity index (χ0v) is 8.71. The van der Waals surface area contributed by atoms with Gasteiger partial charge in [0.2, 0.25) is 0 Å². The summed E-state index contributed by atoms with van der Waals surface area (Å²) in [5, 5.41) is 0. The molecule has 1 aliphatic heterocycles. The van der Waals surface area contributed by atoms with E-state index in [9.17, 15) is 0 Å². The quantitative estimate of drug-likeness (QED) is 0.721. The van der Waals surface area contributed by atoms with Crippen molar-refractivity contribution in [2.24, 2.45) is 5.73 Å². The maximum absolute atomic E-state index is 5.81. The van der Waals surface area contributed by atoms with Gasteiger partial charge in [-0.15, -0.1) is 0 Å². The molecule has 1 rings (SSSR count). The molecule has 0 aromatic heterocycles. The van der Waals surface area contributed by atoms with E-state index in [-0.39, 0.29) is 11.6 Å². The summed E-state index contributed by atoms with van der Waals surface area (Å²) in [5.41, 5.74) is 5.71. The van der Waals surface area contributed by atoms with Crippen LogP contribution in [0.5, 0.6) is 0 Å². The van der Waals surface area contributed by atoms with E-state index in [0.717, 1.165) is 19.4 Å². The van der Waals surface area contributed by atoms with Crippen LogP contribution in [0, 0.1) is 0 Å². The summed E-state index contributed by atoms with van der Waals surface area (Å²) in [6, 6.07) is 0.188. The molecule has 0 aliphatic carbocycles. The lowest BCUT2D eigenvalue weighted by Gasteiger charge is -2.37. The minimum Gasteiger partial charge on any atom is -0.382 e. The second kappa shape index (κ2) is 4.94. The highest BCUT2D eigenvalue weighted by Crippen LogP contribution is 2.29. The fraction of sp³-hybridized carbons (Fsp3) is 1.00. The summed E-state index contributed by atoms with van der Waals surface area (Å²) in [7, 11) is 1.72. The topological polar surface area (TPSA) is 44.5 Å². The Labute approximate surface area is 80.6 Å². The molecule has 0 amide bonds. The molecule has 2 atom stereocenters. The summed E-state index contributed by atoms with van der Waals surface area (Å²) in [6.45, 7) is 3.56. The van der Waals surface area contributed by atoms with Crippen LogP contribution in [0.1, 0.15) is 32.6 Å². The Bertz CT molecular complexity index is 136. The SMILES string of the molecule is COCC1(C[C@@H](C)N)CCCCO1. The monoisotopic (exact) mass is 187 g/mol. The van der Waals surface area contributed by atoms with Gasteiger partial charge in [0.25, 0.3) is 0 Å². The number of hydrogen-bond acceptors (Lipinski definition) is 3. The largest absolute Gasteiger partial charge is 0.382 e. The van der Waals surface area contributed by atoms with Crippen LogP contribution in [-0.4, -0.2) is 32.0 Å². The van der Waals surface area contributed by atoms with E-state index in [4.69, 9.17) is 15.2 Å². The number of hydrogen-bond donors (Lipinski definition) is 1. The van der Waals surface area contributed by atoms with Gasteiger partial charge in [-0.1, -0.05) is 0 Å². The van der Waals surface area contributed by atoms with Crippen LogP contribution >= 0.6 is 0 Å². The average Bonchev–Trinajstić information content (AvgIpc) is 2.04. The van der Waals surface area contributed by atoms with E-state index in [1.807, 2.05) is 6.92 Å². The molecule has 13 heavy (non-hydrogen) atoms. The third kappa shape index (κ3) is 3.25. The Kier molecular flexibility index (Phi) is 4.16. The third-order valence-electron chi connectivity index (χ3n) is 2.54. The fourth-order valence-electron chi connectivity index (χ4n) is 2.09. The average molecular weight is 187 g/mol. The first-order valence-electron chi connectivity index (χ1n) is 5.07. The van der Waals surface area contributed by atoms with E-state index in [2.05, 4.69) is 0 Å². The molecule has 3 nitrogen and oxygen atoms in total. The zero-order chi connectivity index (χ0) is 9.73. The molecule has 1 heterocycles. The predicted molar refractivity (Wildman–Crippen MR) is 52.7 cm³/mol. The van der Waals surface area contributed by atoms with Gasteiger partial charge in [-0.3, -0.25) is 0 Å².